The number of benzene rings is 6. The quantitative estimate of drug-likeness (QED) is 0.113. The largest absolute Gasteiger partial charge is 0.508 e. The number of thiazole rings is 1. The molecule has 0 bridgehead atoms. The second-order valence-corrected chi connectivity index (χ2v) is 16.6. The second kappa shape index (κ2) is 14.8. The first kappa shape index (κ1) is 37.3. The van der Waals surface area contributed by atoms with Gasteiger partial charge in [0.25, 0.3) is 0 Å². The lowest BCUT2D eigenvalue weighted by atomic mass is 9.65. The Kier molecular flexibility index (Phi) is 8.92. The summed E-state index contributed by atoms with van der Waals surface area (Å²) in [5, 5.41) is 25.7. The maximum absolute atomic E-state index is 15.5. The maximum Gasteiger partial charge on any atom is 0.324 e. The number of hydrogen-bond acceptors (Lipinski definition) is 10. The summed E-state index contributed by atoms with van der Waals surface area (Å²) in [6, 6.07) is 43.6. The zero-order valence-corrected chi connectivity index (χ0v) is 33.6. The number of hydrogen-bond donors (Lipinski definition) is 3. The molecule has 6 atom stereocenters. The van der Waals surface area contributed by atoms with E-state index in [2.05, 4.69) is 32.8 Å². The Bertz CT molecular complexity index is 3090. The van der Waals surface area contributed by atoms with Crippen LogP contribution in [0.2, 0.25) is 0 Å². The average molecular weight is 834 g/mol. The molecule has 13 heteroatoms. The molecule has 2 saturated heterocycles. The Morgan fingerprint density at radius 3 is 2.29 bits per heavy atom. The van der Waals surface area contributed by atoms with Crippen LogP contribution in [0.25, 0.3) is 21.3 Å². The standard InChI is InChI=1S/C49H35N7O5S/c57-33-24-22-32(23-25-33)44-49(34-28-29(21-26-35(34)50-47(49)60)12-11-27-55-38-19-9-7-17-36(38)53-54-55)40(45(58)52-48-51-37-18-8-10-20-39(37)62-48)42-46(59)61-43(31-15-5-2-6-16-31)41(56(42)44)30-13-3-1-4-14-30/h1-10,13-26,28,40-44,57H,27H2,(H,50,60)(H,51,52,58)/t40-,41-,42-,43+,44+,49-/m0/s1. The minimum atomic E-state index is -1.74. The van der Waals surface area contributed by atoms with Gasteiger partial charge in [0.2, 0.25) is 11.8 Å². The number of morpholine rings is 1. The van der Waals surface area contributed by atoms with Crippen molar-refractivity contribution in [3.05, 3.63) is 179 Å². The number of cyclic esters (lactones) is 1. The van der Waals surface area contributed by atoms with Crippen molar-refractivity contribution in [2.24, 2.45) is 5.92 Å². The Balaban J connectivity index is 1.13. The number of phenols is 1. The first-order valence-electron chi connectivity index (χ1n) is 20.1. The highest BCUT2D eigenvalue weighted by Gasteiger charge is 2.74. The molecule has 11 rings (SSSR count). The molecule has 1 spiro atoms. The number of nitrogens with zero attached hydrogens (tertiary/aromatic N) is 5. The molecule has 62 heavy (non-hydrogen) atoms. The fourth-order valence-electron chi connectivity index (χ4n) is 9.69. The number of phenolic OH excluding ortho intramolecular Hbond substituents is 1. The van der Waals surface area contributed by atoms with Crippen molar-refractivity contribution < 1.29 is 24.2 Å². The van der Waals surface area contributed by atoms with Gasteiger partial charge in [0.15, 0.2) is 5.13 Å². The van der Waals surface area contributed by atoms with E-state index >= 15 is 14.4 Å². The number of aromatic nitrogens is 4. The maximum atomic E-state index is 15.5. The summed E-state index contributed by atoms with van der Waals surface area (Å²) in [5.41, 5.74) is 4.35. The minimum Gasteiger partial charge on any atom is -0.508 e. The first-order chi connectivity index (χ1) is 30.4. The average Bonchev–Trinajstić information content (AvgIpc) is 4.06. The van der Waals surface area contributed by atoms with Crippen LogP contribution in [0.4, 0.5) is 10.8 Å². The van der Waals surface area contributed by atoms with Crippen molar-refractivity contribution in [1.82, 2.24) is 24.9 Å². The fraction of sp³-hybridized carbons (Fsp3) is 0.143. The third-order valence-electron chi connectivity index (χ3n) is 12.2. The lowest BCUT2D eigenvalue weighted by Crippen LogP contribution is -2.53. The van der Waals surface area contributed by atoms with Crippen molar-refractivity contribution in [3.8, 4) is 17.6 Å². The first-order valence-corrected chi connectivity index (χ1v) is 21.0. The smallest absolute Gasteiger partial charge is 0.324 e. The molecule has 5 heterocycles. The molecule has 6 aromatic carbocycles. The number of ether oxygens (including phenoxy) is 1. The summed E-state index contributed by atoms with van der Waals surface area (Å²) in [4.78, 5) is 52.8. The molecule has 3 N–H and O–H groups in total. The molecule has 2 amide bonds. The van der Waals surface area contributed by atoms with Gasteiger partial charge in [-0.05, 0) is 76.9 Å². The number of aromatic hydroxyl groups is 1. The summed E-state index contributed by atoms with van der Waals surface area (Å²) < 4.78 is 9.11. The number of carbonyl (C=O) groups excluding carboxylic acids is 3. The number of anilines is 2. The molecule has 302 valence electrons. The van der Waals surface area contributed by atoms with Crippen molar-refractivity contribution in [2.45, 2.75) is 36.2 Å². The van der Waals surface area contributed by atoms with Crippen LogP contribution in [0.3, 0.4) is 0 Å². The number of esters is 1. The SMILES string of the molecule is O=C1O[C@H](c2ccccc2)[C@H](c2ccccc2)N2[C@H]1[C@@H](C(=O)Nc1nc3ccccc3s1)[C@]1(C(=O)Nc3ccc(C#CCn4nnc5ccccc54)cc31)[C@H]2c1ccc(O)cc1. The number of carbonyl (C=O) groups is 3. The monoisotopic (exact) mass is 833 g/mol. The van der Waals surface area contributed by atoms with E-state index in [9.17, 15) is 5.11 Å². The highest BCUT2D eigenvalue weighted by atomic mass is 32.1. The van der Waals surface area contributed by atoms with Crippen molar-refractivity contribution >= 4 is 61.2 Å². The van der Waals surface area contributed by atoms with Crippen LogP contribution < -0.4 is 10.6 Å². The lowest BCUT2D eigenvalue weighted by Gasteiger charge is -2.46. The molecule has 0 aliphatic carbocycles. The van der Waals surface area contributed by atoms with Gasteiger partial charge in [-0.1, -0.05) is 125 Å². The highest BCUT2D eigenvalue weighted by Crippen LogP contribution is 2.65. The van der Waals surface area contributed by atoms with Crippen LogP contribution in [0.1, 0.15) is 46.0 Å². The van der Waals surface area contributed by atoms with Gasteiger partial charge in [-0.2, -0.15) is 0 Å². The minimum absolute atomic E-state index is 0.0243. The summed E-state index contributed by atoms with van der Waals surface area (Å²) in [7, 11) is 0. The Hall–Kier alpha value is -7.66. The fourth-order valence-corrected chi connectivity index (χ4v) is 10.6. The molecule has 0 saturated carbocycles. The highest BCUT2D eigenvalue weighted by molar-refractivity contribution is 7.22. The van der Waals surface area contributed by atoms with E-state index in [1.54, 1.807) is 35.0 Å². The molecule has 3 aliphatic heterocycles. The third kappa shape index (κ3) is 5.94. The molecular weight excluding hydrogens is 799 g/mol. The molecule has 2 fully saturated rings. The van der Waals surface area contributed by atoms with Crippen LogP contribution in [0.5, 0.6) is 5.75 Å². The second-order valence-electron chi connectivity index (χ2n) is 15.6. The molecule has 8 aromatic rings. The molecule has 0 unspecified atom stereocenters. The van der Waals surface area contributed by atoms with Gasteiger partial charge in [-0.15, -0.1) is 5.10 Å². The molecular formula is C49H35N7O5S. The van der Waals surface area contributed by atoms with Gasteiger partial charge < -0.3 is 20.5 Å². The van der Waals surface area contributed by atoms with E-state index in [1.165, 1.54) is 11.3 Å². The van der Waals surface area contributed by atoms with E-state index < -0.39 is 53.3 Å². The van der Waals surface area contributed by atoms with Crippen LogP contribution in [0.15, 0.2) is 152 Å². The van der Waals surface area contributed by atoms with Gasteiger partial charge in [0, 0.05) is 11.3 Å². The molecule has 12 nitrogen and oxygen atoms in total. The predicted molar refractivity (Wildman–Crippen MR) is 234 cm³/mol. The zero-order valence-electron chi connectivity index (χ0n) is 32.8. The van der Waals surface area contributed by atoms with E-state index in [1.807, 2.05) is 126 Å². The number of amides is 2. The summed E-state index contributed by atoms with van der Waals surface area (Å²) in [6.45, 7) is 0.255. The lowest BCUT2D eigenvalue weighted by molar-refractivity contribution is -0.177. The van der Waals surface area contributed by atoms with E-state index in [0.29, 0.717) is 33.0 Å². The molecule has 0 radical (unpaired) electrons. The molecule has 2 aromatic heterocycles. The predicted octanol–water partition coefficient (Wildman–Crippen LogP) is 7.71. The summed E-state index contributed by atoms with van der Waals surface area (Å²) in [6.07, 6.45) is -0.820. The Morgan fingerprint density at radius 2 is 1.52 bits per heavy atom. The van der Waals surface area contributed by atoms with Crippen molar-refractivity contribution in [3.63, 3.8) is 0 Å². The van der Waals surface area contributed by atoms with E-state index in [-0.39, 0.29) is 12.3 Å². The van der Waals surface area contributed by atoms with Gasteiger partial charge in [0.1, 0.15) is 35.4 Å². The van der Waals surface area contributed by atoms with Gasteiger partial charge in [-0.25, -0.2) is 9.67 Å². The van der Waals surface area contributed by atoms with Crippen LogP contribution in [-0.4, -0.2) is 53.8 Å². The normalized spacial score (nSPS) is 22.7. The van der Waals surface area contributed by atoms with Gasteiger partial charge >= 0.3 is 5.97 Å². The van der Waals surface area contributed by atoms with E-state index in [4.69, 9.17) is 9.72 Å². The van der Waals surface area contributed by atoms with Crippen LogP contribution >= 0.6 is 11.3 Å². The van der Waals surface area contributed by atoms with Crippen LogP contribution in [-0.2, 0) is 31.1 Å². The zero-order chi connectivity index (χ0) is 42.0. The number of para-hydroxylation sites is 2. The Morgan fingerprint density at radius 1 is 0.806 bits per heavy atom. The van der Waals surface area contributed by atoms with Crippen molar-refractivity contribution in [2.75, 3.05) is 10.6 Å². The number of nitrogens with one attached hydrogen (secondary N) is 2. The Labute approximate surface area is 358 Å². The van der Waals surface area contributed by atoms with Gasteiger partial charge in [-0.3, -0.25) is 19.3 Å². The van der Waals surface area contributed by atoms with Crippen LogP contribution in [0, 0.1) is 17.8 Å². The van der Waals surface area contributed by atoms with Gasteiger partial charge in [0.05, 0.1) is 33.7 Å². The number of fused-ring (bicyclic) bond motifs is 5. The topological polar surface area (TPSA) is 152 Å². The third-order valence-corrected chi connectivity index (χ3v) is 13.2. The summed E-state index contributed by atoms with van der Waals surface area (Å²) in [5.74, 6) is 3.49. The van der Waals surface area contributed by atoms with Crippen molar-refractivity contribution in [1.29, 1.82) is 0 Å². The number of rotatable bonds is 6. The van der Waals surface area contributed by atoms with E-state index in [0.717, 1.165) is 26.9 Å². The molecule has 3 aliphatic rings. The summed E-state index contributed by atoms with van der Waals surface area (Å²) >= 11 is 1.31.